The Morgan fingerprint density at radius 1 is 1.28 bits per heavy atom. The normalized spacial score (nSPS) is 14.5. The number of ether oxygens (including phenoxy) is 1. The SMILES string of the molecule is Fc1ccc2c(NCc3ccco3)nc(Cl)nc2c1OCC1CCC1. The van der Waals surface area contributed by atoms with Gasteiger partial charge in [-0.25, -0.2) is 14.4 Å². The van der Waals surface area contributed by atoms with Crippen molar-refractivity contribution in [1.29, 1.82) is 0 Å². The molecule has 4 rings (SSSR count). The third-order valence-corrected chi connectivity index (χ3v) is 4.61. The molecule has 0 aliphatic heterocycles. The molecule has 0 bridgehead atoms. The fraction of sp³-hybridized carbons (Fsp3) is 0.333. The van der Waals surface area contributed by atoms with E-state index in [0.717, 1.165) is 18.6 Å². The molecule has 1 fully saturated rings. The molecule has 5 nitrogen and oxygen atoms in total. The van der Waals surface area contributed by atoms with E-state index in [-0.39, 0.29) is 11.0 Å². The van der Waals surface area contributed by atoms with Crippen LogP contribution in [0.4, 0.5) is 10.2 Å². The summed E-state index contributed by atoms with van der Waals surface area (Å²) in [6.07, 6.45) is 5.06. The number of hydrogen-bond donors (Lipinski definition) is 1. The molecule has 130 valence electrons. The topological polar surface area (TPSA) is 60.2 Å². The fourth-order valence-corrected chi connectivity index (χ4v) is 3.00. The second-order valence-corrected chi connectivity index (χ2v) is 6.49. The summed E-state index contributed by atoms with van der Waals surface area (Å²) in [4.78, 5) is 8.41. The molecule has 1 aliphatic rings. The Balaban J connectivity index is 1.66. The van der Waals surface area contributed by atoms with Gasteiger partial charge < -0.3 is 14.5 Å². The van der Waals surface area contributed by atoms with E-state index in [9.17, 15) is 4.39 Å². The highest BCUT2D eigenvalue weighted by Crippen LogP contribution is 2.34. The molecule has 0 atom stereocenters. The quantitative estimate of drug-likeness (QED) is 0.638. The van der Waals surface area contributed by atoms with E-state index in [1.807, 2.05) is 12.1 Å². The highest BCUT2D eigenvalue weighted by molar-refractivity contribution is 6.29. The molecule has 3 aromatic rings. The number of aromatic nitrogens is 2. The lowest BCUT2D eigenvalue weighted by molar-refractivity contribution is 0.177. The van der Waals surface area contributed by atoms with Crippen LogP contribution in [0, 0.1) is 11.7 Å². The van der Waals surface area contributed by atoms with Crippen LogP contribution >= 0.6 is 11.6 Å². The first-order valence-corrected chi connectivity index (χ1v) is 8.63. The van der Waals surface area contributed by atoms with Crippen molar-refractivity contribution in [2.24, 2.45) is 5.92 Å². The summed E-state index contributed by atoms with van der Waals surface area (Å²) >= 11 is 6.05. The molecule has 1 aromatic carbocycles. The summed E-state index contributed by atoms with van der Waals surface area (Å²) in [5, 5.41) is 3.85. The minimum Gasteiger partial charge on any atom is -0.488 e. The molecule has 1 N–H and O–H groups in total. The number of nitrogens with one attached hydrogen (secondary N) is 1. The molecule has 2 aromatic heterocycles. The van der Waals surface area contributed by atoms with E-state index in [2.05, 4.69) is 15.3 Å². The Morgan fingerprint density at radius 2 is 2.16 bits per heavy atom. The van der Waals surface area contributed by atoms with E-state index in [1.54, 1.807) is 12.3 Å². The minimum absolute atomic E-state index is 0.0357. The van der Waals surface area contributed by atoms with Crippen molar-refractivity contribution in [2.75, 3.05) is 11.9 Å². The van der Waals surface area contributed by atoms with Crippen molar-refractivity contribution < 1.29 is 13.5 Å². The third-order valence-electron chi connectivity index (χ3n) is 4.44. The lowest BCUT2D eigenvalue weighted by Gasteiger charge is -2.25. The highest BCUT2D eigenvalue weighted by atomic mass is 35.5. The number of nitrogens with zero attached hydrogens (tertiary/aromatic N) is 2. The third kappa shape index (κ3) is 3.39. The van der Waals surface area contributed by atoms with Crippen LogP contribution in [-0.4, -0.2) is 16.6 Å². The van der Waals surface area contributed by atoms with E-state index in [0.29, 0.717) is 35.8 Å². The van der Waals surface area contributed by atoms with Crippen LogP contribution in [0.1, 0.15) is 25.0 Å². The molecule has 0 spiro atoms. The summed E-state index contributed by atoms with van der Waals surface area (Å²) in [5.41, 5.74) is 0.376. The first-order chi connectivity index (χ1) is 12.2. The smallest absolute Gasteiger partial charge is 0.225 e. The molecular formula is C18H17ClFN3O2. The van der Waals surface area contributed by atoms with Gasteiger partial charge >= 0.3 is 0 Å². The lowest BCUT2D eigenvalue weighted by Crippen LogP contribution is -2.19. The zero-order valence-corrected chi connectivity index (χ0v) is 14.2. The fourth-order valence-electron chi connectivity index (χ4n) is 2.84. The number of rotatable bonds is 6. The van der Waals surface area contributed by atoms with Gasteiger partial charge in [0.15, 0.2) is 11.6 Å². The number of furan rings is 1. The zero-order chi connectivity index (χ0) is 17.2. The predicted molar refractivity (Wildman–Crippen MR) is 93.4 cm³/mol. The summed E-state index contributed by atoms with van der Waals surface area (Å²) in [7, 11) is 0. The van der Waals surface area contributed by atoms with Gasteiger partial charge in [0.25, 0.3) is 0 Å². The Bertz CT molecular complexity index is 882. The number of halogens is 2. The summed E-state index contributed by atoms with van der Waals surface area (Å²) in [6.45, 7) is 0.928. The Morgan fingerprint density at radius 3 is 2.88 bits per heavy atom. The number of fused-ring (bicyclic) bond motifs is 1. The van der Waals surface area contributed by atoms with E-state index < -0.39 is 5.82 Å². The number of hydrogen-bond acceptors (Lipinski definition) is 5. The molecule has 1 aliphatic carbocycles. The first kappa shape index (κ1) is 16.1. The zero-order valence-electron chi connectivity index (χ0n) is 13.5. The summed E-state index contributed by atoms with van der Waals surface area (Å²) < 4.78 is 25.3. The van der Waals surface area contributed by atoms with E-state index >= 15 is 0 Å². The van der Waals surface area contributed by atoms with Crippen LogP contribution in [0.2, 0.25) is 5.28 Å². The molecule has 0 amide bonds. The van der Waals surface area contributed by atoms with Crippen LogP contribution in [0.3, 0.4) is 0 Å². The Kier molecular flexibility index (Phi) is 4.44. The van der Waals surface area contributed by atoms with Crippen LogP contribution in [0.25, 0.3) is 10.9 Å². The van der Waals surface area contributed by atoms with Gasteiger partial charge in [-0.1, -0.05) is 6.42 Å². The monoisotopic (exact) mass is 361 g/mol. The average molecular weight is 362 g/mol. The van der Waals surface area contributed by atoms with Gasteiger partial charge in [-0.15, -0.1) is 0 Å². The van der Waals surface area contributed by atoms with Crippen LogP contribution in [0.15, 0.2) is 34.9 Å². The van der Waals surface area contributed by atoms with Crippen LogP contribution in [-0.2, 0) is 6.54 Å². The summed E-state index contributed by atoms with van der Waals surface area (Å²) in [5.74, 6) is 1.45. The highest BCUT2D eigenvalue weighted by Gasteiger charge is 2.21. The molecular weight excluding hydrogens is 345 g/mol. The van der Waals surface area contributed by atoms with Crippen molar-refractivity contribution in [3.63, 3.8) is 0 Å². The maximum atomic E-state index is 14.3. The van der Waals surface area contributed by atoms with Gasteiger partial charge in [0.2, 0.25) is 5.28 Å². The van der Waals surface area contributed by atoms with E-state index in [4.69, 9.17) is 20.8 Å². The molecule has 2 heterocycles. The molecule has 0 radical (unpaired) electrons. The number of benzene rings is 1. The van der Waals surface area contributed by atoms with Crippen LogP contribution in [0.5, 0.6) is 5.75 Å². The molecule has 0 unspecified atom stereocenters. The predicted octanol–water partition coefficient (Wildman–Crippen LogP) is 4.81. The standard InChI is InChI=1S/C18H17ClFN3O2/c19-18-22-15-13(17(23-18)21-9-12-5-2-8-24-12)6-7-14(20)16(15)25-10-11-3-1-4-11/h2,5-8,11H,1,3-4,9-10H2,(H,21,22,23). The van der Waals surface area contributed by atoms with Gasteiger partial charge in [-0.05, 0) is 54.6 Å². The van der Waals surface area contributed by atoms with Gasteiger partial charge in [0, 0.05) is 5.39 Å². The molecule has 7 heteroatoms. The van der Waals surface area contributed by atoms with Gasteiger partial charge in [0.05, 0.1) is 19.4 Å². The van der Waals surface area contributed by atoms with Gasteiger partial charge in [0.1, 0.15) is 17.1 Å². The minimum atomic E-state index is -0.446. The maximum absolute atomic E-state index is 14.3. The van der Waals surface area contributed by atoms with Crippen molar-refractivity contribution in [2.45, 2.75) is 25.8 Å². The largest absolute Gasteiger partial charge is 0.488 e. The van der Waals surface area contributed by atoms with Crippen LogP contribution < -0.4 is 10.1 Å². The Hall–Kier alpha value is -2.34. The molecule has 25 heavy (non-hydrogen) atoms. The maximum Gasteiger partial charge on any atom is 0.225 e. The van der Waals surface area contributed by atoms with Crippen molar-refractivity contribution in [3.8, 4) is 5.75 Å². The van der Waals surface area contributed by atoms with Crippen molar-refractivity contribution >= 4 is 28.3 Å². The van der Waals surface area contributed by atoms with Gasteiger partial charge in [-0.2, -0.15) is 0 Å². The second-order valence-electron chi connectivity index (χ2n) is 6.15. The second kappa shape index (κ2) is 6.88. The molecule has 1 saturated carbocycles. The van der Waals surface area contributed by atoms with Crippen molar-refractivity contribution in [1.82, 2.24) is 9.97 Å². The Labute approximate surface area is 149 Å². The first-order valence-electron chi connectivity index (χ1n) is 8.25. The van der Waals surface area contributed by atoms with Crippen molar-refractivity contribution in [3.05, 3.63) is 47.4 Å². The van der Waals surface area contributed by atoms with Gasteiger partial charge in [-0.3, -0.25) is 0 Å². The lowest BCUT2D eigenvalue weighted by atomic mass is 9.86. The summed E-state index contributed by atoms with van der Waals surface area (Å²) in [6, 6.07) is 6.66. The molecule has 0 saturated heterocycles. The average Bonchev–Trinajstić information content (AvgIpc) is 3.06. The van der Waals surface area contributed by atoms with E-state index in [1.165, 1.54) is 12.5 Å². The number of anilines is 1.